The van der Waals surface area contributed by atoms with E-state index in [1.54, 1.807) is 24.3 Å². The highest BCUT2D eigenvalue weighted by molar-refractivity contribution is 5.60. The molecule has 1 rings (SSSR count). The van der Waals surface area contributed by atoms with Crippen LogP contribution in [0, 0.1) is 51.1 Å². The average Bonchev–Trinajstić information content (AvgIpc) is 2.40. The zero-order chi connectivity index (χ0) is 13.5. The van der Waals surface area contributed by atoms with Gasteiger partial charge in [-0.05, 0) is 18.2 Å². The number of halogens is 1. The van der Waals surface area contributed by atoms with Crippen molar-refractivity contribution in [1.29, 1.82) is 21.0 Å². The Kier molecular flexibility index (Phi) is 4.00. The lowest BCUT2D eigenvalue weighted by atomic mass is 10.2. The topological polar surface area (TPSA) is 107 Å². The normalized spacial score (nSPS) is 8.06. The monoisotopic (exact) mass is 237 g/mol. The fraction of sp³-hybridized carbons (Fsp3) is 0. The summed E-state index contributed by atoms with van der Waals surface area (Å²) in [7, 11) is 0. The van der Waals surface area contributed by atoms with Crippen LogP contribution in [0.15, 0.2) is 29.5 Å². The summed E-state index contributed by atoms with van der Waals surface area (Å²) in [6.07, 6.45) is 0. The summed E-state index contributed by atoms with van der Waals surface area (Å²) in [6, 6.07) is 9.93. The summed E-state index contributed by atoms with van der Waals surface area (Å²) >= 11 is 0. The van der Waals surface area contributed by atoms with E-state index in [4.69, 9.17) is 21.0 Å². The molecule has 0 aliphatic heterocycles. The lowest BCUT2D eigenvalue weighted by molar-refractivity contribution is 0.624. The van der Waals surface area contributed by atoms with Gasteiger partial charge in [0, 0.05) is 5.69 Å². The van der Waals surface area contributed by atoms with Crippen molar-refractivity contribution in [3.05, 3.63) is 40.8 Å². The third-order valence-corrected chi connectivity index (χ3v) is 1.94. The lowest BCUT2D eigenvalue weighted by Gasteiger charge is -2.04. The largest absolute Gasteiger partial charge is 0.345 e. The van der Waals surface area contributed by atoms with Crippen molar-refractivity contribution < 1.29 is 4.39 Å². The van der Waals surface area contributed by atoms with Gasteiger partial charge in [-0.2, -0.15) is 21.0 Å². The van der Waals surface area contributed by atoms with Gasteiger partial charge in [0.15, 0.2) is 5.57 Å². The van der Waals surface area contributed by atoms with Gasteiger partial charge in [-0.15, -0.1) is 0 Å². The summed E-state index contributed by atoms with van der Waals surface area (Å²) in [5.74, 6) is -0.689. The van der Waals surface area contributed by atoms with E-state index in [1.807, 2.05) is 0 Å². The summed E-state index contributed by atoms with van der Waals surface area (Å²) in [4.78, 5) is 0. The molecule has 0 spiro atoms. The van der Waals surface area contributed by atoms with E-state index in [9.17, 15) is 4.39 Å². The fourth-order valence-electron chi connectivity index (χ4n) is 1.12. The highest BCUT2D eigenvalue weighted by atomic mass is 19.1. The Morgan fingerprint density at radius 2 is 1.72 bits per heavy atom. The first kappa shape index (κ1) is 12.7. The van der Waals surface area contributed by atoms with E-state index in [-0.39, 0.29) is 22.5 Å². The molecule has 0 amide bonds. The van der Waals surface area contributed by atoms with Crippen LogP contribution in [0.4, 0.5) is 10.1 Å². The molecule has 0 unspecified atom stereocenters. The smallest absolute Gasteiger partial charge is 0.163 e. The Bertz CT molecular complexity index is 660. The van der Waals surface area contributed by atoms with E-state index in [0.717, 1.165) is 6.07 Å². The van der Waals surface area contributed by atoms with Crippen LogP contribution in [0.25, 0.3) is 0 Å². The zero-order valence-corrected chi connectivity index (χ0v) is 8.90. The Labute approximate surface area is 102 Å². The maximum Gasteiger partial charge on any atom is 0.163 e. The fourth-order valence-corrected chi connectivity index (χ4v) is 1.12. The molecule has 6 heteroatoms. The van der Waals surface area contributed by atoms with E-state index in [2.05, 4.69) is 5.32 Å². The van der Waals surface area contributed by atoms with Crippen molar-refractivity contribution in [3.8, 4) is 24.3 Å². The first-order valence-electron chi connectivity index (χ1n) is 4.57. The van der Waals surface area contributed by atoms with Crippen LogP contribution in [-0.4, -0.2) is 0 Å². The second-order valence-electron chi connectivity index (χ2n) is 3.02. The predicted octanol–water partition coefficient (Wildman–Crippen LogP) is 1.93. The van der Waals surface area contributed by atoms with E-state index in [1.165, 1.54) is 12.1 Å². The second-order valence-corrected chi connectivity index (χ2v) is 3.02. The average molecular weight is 237 g/mol. The predicted molar refractivity (Wildman–Crippen MR) is 58.6 cm³/mol. The van der Waals surface area contributed by atoms with Crippen LogP contribution in [0.2, 0.25) is 0 Å². The van der Waals surface area contributed by atoms with Gasteiger partial charge in [-0.3, -0.25) is 0 Å². The van der Waals surface area contributed by atoms with Crippen molar-refractivity contribution in [2.45, 2.75) is 0 Å². The van der Waals surface area contributed by atoms with Crippen LogP contribution in [0.1, 0.15) is 5.56 Å². The van der Waals surface area contributed by atoms with Crippen LogP contribution >= 0.6 is 0 Å². The Balaban J connectivity index is 3.19. The first-order valence-corrected chi connectivity index (χ1v) is 4.57. The quantitative estimate of drug-likeness (QED) is 0.790. The number of allylic oxidation sites excluding steroid dienone is 2. The summed E-state index contributed by atoms with van der Waals surface area (Å²) in [5, 5.41) is 37.1. The maximum atomic E-state index is 13.0. The van der Waals surface area contributed by atoms with E-state index >= 15 is 0 Å². The van der Waals surface area contributed by atoms with Gasteiger partial charge in [0.2, 0.25) is 0 Å². The number of benzene rings is 1. The van der Waals surface area contributed by atoms with Crippen LogP contribution in [0.3, 0.4) is 0 Å². The third-order valence-electron chi connectivity index (χ3n) is 1.94. The number of hydrogen-bond acceptors (Lipinski definition) is 5. The molecule has 1 aromatic rings. The number of rotatable bonds is 2. The molecule has 18 heavy (non-hydrogen) atoms. The number of anilines is 1. The summed E-state index contributed by atoms with van der Waals surface area (Å²) in [6.45, 7) is 0. The highest BCUT2D eigenvalue weighted by Crippen LogP contribution is 2.16. The van der Waals surface area contributed by atoms with Crippen LogP contribution < -0.4 is 5.32 Å². The van der Waals surface area contributed by atoms with Gasteiger partial charge in [0.1, 0.15) is 35.8 Å². The SMILES string of the molecule is N#CC(C#N)=C(C#N)Nc1ccc(F)c(C#N)c1. The summed E-state index contributed by atoms with van der Waals surface area (Å²) < 4.78 is 13.0. The van der Waals surface area contributed by atoms with Crippen molar-refractivity contribution in [2.75, 3.05) is 5.32 Å². The van der Waals surface area contributed by atoms with E-state index in [0.29, 0.717) is 0 Å². The minimum absolute atomic E-state index is 0.201. The van der Waals surface area contributed by atoms with Crippen LogP contribution in [0.5, 0.6) is 0 Å². The van der Waals surface area contributed by atoms with E-state index < -0.39 is 5.82 Å². The highest BCUT2D eigenvalue weighted by Gasteiger charge is 2.08. The number of nitrogens with one attached hydrogen (secondary N) is 1. The van der Waals surface area contributed by atoms with Crippen molar-refractivity contribution in [2.24, 2.45) is 0 Å². The molecule has 0 aliphatic carbocycles. The molecule has 0 saturated heterocycles. The molecule has 1 aromatic carbocycles. The molecular formula is C12H4FN5. The van der Waals surface area contributed by atoms with Crippen molar-refractivity contribution in [3.63, 3.8) is 0 Å². The lowest BCUT2D eigenvalue weighted by Crippen LogP contribution is -2.01. The molecule has 0 fully saturated rings. The zero-order valence-electron chi connectivity index (χ0n) is 8.90. The Morgan fingerprint density at radius 1 is 1.06 bits per heavy atom. The second kappa shape index (κ2) is 5.66. The minimum atomic E-state index is -0.689. The van der Waals surface area contributed by atoms with Gasteiger partial charge < -0.3 is 5.32 Å². The standard InChI is InChI=1S/C12H4FN5/c13-11-2-1-10(3-8(11)4-14)18-12(7-17)9(5-15)6-16/h1-3,18H. The molecule has 1 N–H and O–H groups in total. The maximum absolute atomic E-state index is 13.0. The van der Waals surface area contributed by atoms with Gasteiger partial charge in [0.05, 0.1) is 5.56 Å². The molecule has 0 radical (unpaired) electrons. The van der Waals surface area contributed by atoms with Gasteiger partial charge in [-0.25, -0.2) is 4.39 Å². The molecule has 0 saturated carbocycles. The molecule has 5 nitrogen and oxygen atoms in total. The van der Waals surface area contributed by atoms with Crippen LogP contribution in [-0.2, 0) is 0 Å². The number of hydrogen-bond donors (Lipinski definition) is 1. The molecule has 0 atom stereocenters. The summed E-state index contributed by atoms with van der Waals surface area (Å²) in [5.41, 5.74) is -0.601. The van der Waals surface area contributed by atoms with Crippen molar-refractivity contribution in [1.82, 2.24) is 0 Å². The first-order chi connectivity index (χ1) is 8.65. The molecule has 0 heterocycles. The molecule has 84 valence electrons. The number of nitrogens with zero attached hydrogens (tertiary/aromatic N) is 4. The minimum Gasteiger partial charge on any atom is -0.345 e. The Morgan fingerprint density at radius 3 is 2.22 bits per heavy atom. The molecule has 0 aliphatic rings. The van der Waals surface area contributed by atoms with Crippen molar-refractivity contribution >= 4 is 5.69 Å². The Hall–Kier alpha value is -3.35. The van der Waals surface area contributed by atoms with Gasteiger partial charge in [-0.1, -0.05) is 0 Å². The third kappa shape index (κ3) is 2.61. The molecule has 0 bridgehead atoms. The van der Waals surface area contributed by atoms with Gasteiger partial charge in [0.25, 0.3) is 0 Å². The van der Waals surface area contributed by atoms with Gasteiger partial charge >= 0.3 is 0 Å². The molecule has 0 aromatic heterocycles. The molecular weight excluding hydrogens is 233 g/mol. The number of nitriles is 4.